The third-order valence-corrected chi connectivity index (χ3v) is 3.93. The van der Waals surface area contributed by atoms with Gasteiger partial charge >= 0.3 is 0 Å². The van der Waals surface area contributed by atoms with Crippen LogP contribution in [0.1, 0.15) is 36.9 Å². The first-order valence-electron chi connectivity index (χ1n) is 8.26. The smallest absolute Gasteiger partial charge is 0.229 e. The van der Waals surface area contributed by atoms with Crippen LogP contribution >= 0.6 is 0 Å². The van der Waals surface area contributed by atoms with E-state index in [1.165, 1.54) is 7.11 Å². The first kappa shape index (κ1) is 17.4. The van der Waals surface area contributed by atoms with Crippen molar-refractivity contribution in [2.75, 3.05) is 19.0 Å². The number of rotatable bonds is 9. The summed E-state index contributed by atoms with van der Waals surface area (Å²) in [5, 5.41) is 6.70. The van der Waals surface area contributed by atoms with Crippen LogP contribution in [0, 0.1) is 0 Å². The zero-order valence-electron chi connectivity index (χ0n) is 14.1. The molecule has 1 aromatic carbocycles. The molecule has 0 saturated heterocycles. The number of ether oxygens (including phenoxy) is 2. The lowest BCUT2D eigenvalue weighted by atomic mass is 10.2. The molecule has 1 aliphatic rings. The molecular weight excluding hydrogens is 324 g/mol. The predicted octanol–water partition coefficient (Wildman–Crippen LogP) is 1.83. The Kier molecular flexibility index (Phi) is 5.62. The zero-order valence-corrected chi connectivity index (χ0v) is 14.1. The molecule has 1 heterocycles. The maximum atomic E-state index is 11.9. The third-order valence-electron chi connectivity index (χ3n) is 3.93. The minimum absolute atomic E-state index is 0.148. The van der Waals surface area contributed by atoms with Crippen molar-refractivity contribution < 1.29 is 18.8 Å². The molecule has 1 unspecified atom stereocenters. The number of hydrogen-bond acceptors (Lipinski definition) is 7. The minimum atomic E-state index is -0.280. The lowest BCUT2D eigenvalue weighted by Gasteiger charge is -2.12. The lowest BCUT2D eigenvalue weighted by Crippen LogP contribution is -2.28. The summed E-state index contributed by atoms with van der Waals surface area (Å²) in [6, 6.07) is 7.08. The molecule has 1 amide bonds. The maximum Gasteiger partial charge on any atom is 0.229 e. The average molecular weight is 346 g/mol. The summed E-state index contributed by atoms with van der Waals surface area (Å²) in [7, 11) is 1.54. The molecule has 8 heteroatoms. The topological polar surface area (TPSA) is 112 Å². The Morgan fingerprint density at radius 3 is 2.80 bits per heavy atom. The number of anilines is 1. The monoisotopic (exact) mass is 346 g/mol. The molecule has 1 fully saturated rings. The Labute approximate surface area is 145 Å². The fourth-order valence-electron chi connectivity index (χ4n) is 2.29. The summed E-state index contributed by atoms with van der Waals surface area (Å²) >= 11 is 0. The first-order chi connectivity index (χ1) is 12.2. The van der Waals surface area contributed by atoms with Crippen molar-refractivity contribution in [2.24, 2.45) is 5.73 Å². The molecule has 0 bridgehead atoms. The van der Waals surface area contributed by atoms with Gasteiger partial charge in [-0.1, -0.05) is 5.16 Å². The Balaban J connectivity index is 1.47. The highest BCUT2D eigenvalue weighted by Gasteiger charge is 2.29. The van der Waals surface area contributed by atoms with Gasteiger partial charge in [-0.2, -0.15) is 4.98 Å². The lowest BCUT2D eigenvalue weighted by molar-refractivity contribution is -0.118. The van der Waals surface area contributed by atoms with Crippen LogP contribution < -0.4 is 15.8 Å². The number of amides is 1. The van der Waals surface area contributed by atoms with E-state index < -0.39 is 0 Å². The van der Waals surface area contributed by atoms with Crippen LogP contribution in [0.4, 0.5) is 5.69 Å². The van der Waals surface area contributed by atoms with Gasteiger partial charge in [0.1, 0.15) is 5.75 Å². The van der Waals surface area contributed by atoms with Crippen LogP contribution in [0.2, 0.25) is 0 Å². The van der Waals surface area contributed by atoms with Crippen molar-refractivity contribution in [2.45, 2.75) is 37.9 Å². The third kappa shape index (κ3) is 5.01. The van der Waals surface area contributed by atoms with Crippen LogP contribution in [-0.4, -0.2) is 35.8 Å². The Morgan fingerprint density at radius 2 is 2.16 bits per heavy atom. The highest BCUT2D eigenvalue weighted by atomic mass is 16.5. The molecule has 3 rings (SSSR count). The highest BCUT2D eigenvalue weighted by Crippen LogP contribution is 2.38. The molecule has 3 N–H and O–H groups in total. The van der Waals surface area contributed by atoms with Crippen molar-refractivity contribution in [3.63, 3.8) is 0 Å². The van der Waals surface area contributed by atoms with Crippen LogP contribution in [0.15, 0.2) is 28.8 Å². The molecule has 1 aliphatic carbocycles. The van der Waals surface area contributed by atoms with E-state index in [1.54, 1.807) is 24.3 Å². The molecule has 8 nitrogen and oxygen atoms in total. The van der Waals surface area contributed by atoms with Crippen molar-refractivity contribution in [1.82, 2.24) is 10.1 Å². The number of nitrogens with one attached hydrogen (secondary N) is 1. The second-order valence-corrected chi connectivity index (χ2v) is 5.98. The number of aromatic nitrogens is 2. The van der Waals surface area contributed by atoms with E-state index >= 15 is 0 Å². The number of carbonyl (C=O) groups is 1. The molecule has 0 radical (unpaired) electrons. The second kappa shape index (κ2) is 8.09. The molecule has 1 atom stereocenters. The molecule has 0 aliphatic heterocycles. The number of methoxy groups -OCH3 is 1. The van der Waals surface area contributed by atoms with Crippen molar-refractivity contribution in [3.05, 3.63) is 36.0 Å². The van der Waals surface area contributed by atoms with Gasteiger partial charge in [-0.05, 0) is 37.1 Å². The molecule has 2 aromatic rings. The summed E-state index contributed by atoms with van der Waals surface area (Å²) in [4.78, 5) is 16.2. The van der Waals surface area contributed by atoms with Crippen molar-refractivity contribution in [3.8, 4) is 5.75 Å². The number of nitrogens with zero attached hydrogens (tertiary/aromatic N) is 2. The van der Waals surface area contributed by atoms with Gasteiger partial charge in [0.05, 0.1) is 12.5 Å². The van der Waals surface area contributed by atoms with Gasteiger partial charge in [-0.3, -0.25) is 4.79 Å². The van der Waals surface area contributed by atoms with Crippen LogP contribution in [0.25, 0.3) is 0 Å². The summed E-state index contributed by atoms with van der Waals surface area (Å²) in [5.74, 6) is 2.18. The normalized spacial score (nSPS) is 15.0. The second-order valence-electron chi connectivity index (χ2n) is 5.98. The predicted molar refractivity (Wildman–Crippen MR) is 90.1 cm³/mol. The first-order valence-corrected chi connectivity index (χ1v) is 8.26. The Hall–Kier alpha value is -2.45. The molecule has 134 valence electrons. The summed E-state index contributed by atoms with van der Waals surface area (Å²) in [6.07, 6.45) is 2.17. The van der Waals surface area contributed by atoms with Gasteiger partial charge in [-0.25, -0.2) is 0 Å². The van der Waals surface area contributed by atoms with E-state index in [4.69, 9.17) is 19.7 Å². The average Bonchev–Trinajstić information content (AvgIpc) is 3.37. The van der Waals surface area contributed by atoms with E-state index in [9.17, 15) is 4.79 Å². The van der Waals surface area contributed by atoms with E-state index in [0.717, 1.165) is 12.8 Å². The molecule has 0 spiro atoms. The molecular formula is C17H22N4O4. The van der Waals surface area contributed by atoms with Gasteiger partial charge in [-0.15, -0.1) is 0 Å². The number of hydrogen-bond donors (Lipinski definition) is 2. The molecule has 1 saturated carbocycles. The Bertz CT molecular complexity index is 693. The largest absolute Gasteiger partial charge is 0.485 e. The highest BCUT2D eigenvalue weighted by molar-refractivity contribution is 5.91. The van der Waals surface area contributed by atoms with E-state index in [0.29, 0.717) is 35.6 Å². The summed E-state index contributed by atoms with van der Waals surface area (Å²) < 4.78 is 15.9. The van der Waals surface area contributed by atoms with Gasteiger partial charge < -0.3 is 25.0 Å². The van der Waals surface area contributed by atoms with Gasteiger partial charge in [0, 0.05) is 25.3 Å². The van der Waals surface area contributed by atoms with Crippen LogP contribution in [0.3, 0.4) is 0 Å². The van der Waals surface area contributed by atoms with Crippen molar-refractivity contribution >= 4 is 11.6 Å². The zero-order chi connectivity index (χ0) is 17.6. The SMILES string of the molecule is COC(CN)CC(=O)Nc1ccc(OCc2noc(C3CC3)n2)cc1. The van der Waals surface area contributed by atoms with Crippen molar-refractivity contribution in [1.29, 1.82) is 0 Å². The molecule has 1 aromatic heterocycles. The van der Waals surface area contributed by atoms with E-state index in [2.05, 4.69) is 15.5 Å². The Morgan fingerprint density at radius 1 is 1.40 bits per heavy atom. The van der Waals surface area contributed by atoms with Gasteiger partial charge in [0.2, 0.25) is 17.6 Å². The van der Waals surface area contributed by atoms with Gasteiger partial charge in [0.15, 0.2) is 6.61 Å². The minimum Gasteiger partial charge on any atom is -0.485 e. The number of carbonyl (C=O) groups excluding carboxylic acids is 1. The summed E-state index contributed by atoms with van der Waals surface area (Å²) in [6.45, 7) is 0.545. The van der Waals surface area contributed by atoms with Gasteiger partial charge in [0.25, 0.3) is 0 Å². The maximum absolute atomic E-state index is 11.9. The number of nitrogens with two attached hydrogens (primary N) is 1. The summed E-state index contributed by atoms with van der Waals surface area (Å²) in [5.41, 5.74) is 6.19. The van der Waals surface area contributed by atoms with Crippen LogP contribution in [-0.2, 0) is 16.1 Å². The van der Waals surface area contributed by atoms with Crippen LogP contribution in [0.5, 0.6) is 5.75 Å². The standard InChI is InChI=1S/C17H22N4O4/c1-23-14(9-18)8-16(22)19-12-4-6-13(7-5-12)24-10-15-20-17(25-21-15)11-2-3-11/h4-7,11,14H,2-3,8-10,18H2,1H3,(H,19,22). The fraction of sp³-hybridized carbons (Fsp3) is 0.471. The molecule has 25 heavy (non-hydrogen) atoms. The van der Waals surface area contributed by atoms with E-state index in [-0.39, 0.29) is 25.0 Å². The fourth-order valence-corrected chi connectivity index (χ4v) is 2.29. The van der Waals surface area contributed by atoms with E-state index in [1.807, 2.05) is 0 Å². The quantitative estimate of drug-likeness (QED) is 0.712. The number of benzene rings is 1.